The van der Waals surface area contributed by atoms with Gasteiger partial charge in [-0.2, -0.15) is 0 Å². The minimum atomic E-state index is -0.486. The van der Waals surface area contributed by atoms with Crippen molar-refractivity contribution in [1.82, 2.24) is 0 Å². The maximum atomic E-state index is 6.57. The molecule has 5 fully saturated rings. The third kappa shape index (κ3) is 3.38. The molecule has 4 heteroatoms. The predicted octanol–water partition coefficient (Wildman–Crippen LogP) is 7.24. The smallest absolute Gasteiger partial charge is 0.207 e. The molecule has 1 unspecified atom stereocenters. The zero-order valence-electron chi connectivity index (χ0n) is 19.7. The Bertz CT molecular complexity index is 1140. The lowest BCUT2D eigenvalue weighted by Gasteiger charge is -2.60. The van der Waals surface area contributed by atoms with E-state index in [4.69, 9.17) is 19.2 Å². The molecule has 1 spiro atoms. The van der Waals surface area contributed by atoms with E-state index in [1.54, 1.807) is 0 Å². The lowest BCUT2D eigenvalue weighted by Crippen LogP contribution is -2.63. The molecule has 1 saturated heterocycles. The molecule has 0 amide bonds. The molecule has 4 bridgehead atoms. The second-order valence-electron chi connectivity index (χ2n) is 11.0. The summed E-state index contributed by atoms with van der Waals surface area (Å²) in [4.78, 5) is 12.3. The first-order valence-corrected chi connectivity index (χ1v) is 12.9. The van der Waals surface area contributed by atoms with Gasteiger partial charge in [0, 0.05) is 23.1 Å². The predicted molar refractivity (Wildman–Crippen MR) is 131 cm³/mol. The molecule has 8 rings (SSSR count). The molecular weight excluding hydrogens is 424 g/mol. The molecule has 4 saturated carbocycles. The van der Waals surface area contributed by atoms with Crippen molar-refractivity contribution < 1.29 is 19.2 Å². The highest BCUT2D eigenvalue weighted by Gasteiger charge is 2.61. The maximum Gasteiger partial charge on any atom is 0.207 e. The maximum absolute atomic E-state index is 6.57. The third-order valence-corrected chi connectivity index (χ3v) is 8.99. The average Bonchev–Trinajstić information content (AvgIpc) is 2.88. The van der Waals surface area contributed by atoms with E-state index in [0.29, 0.717) is 18.4 Å². The van der Waals surface area contributed by atoms with Crippen molar-refractivity contribution in [1.29, 1.82) is 0 Å². The summed E-state index contributed by atoms with van der Waals surface area (Å²) in [6.07, 6.45) is 6.30. The Kier molecular flexibility index (Phi) is 4.97. The lowest BCUT2D eigenvalue weighted by molar-refractivity contribution is -0.526. The number of rotatable bonds is 4. The molecule has 1 heterocycles. The van der Waals surface area contributed by atoms with Crippen molar-refractivity contribution in [3.63, 3.8) is 0 Å². The van der Waals surface area contributed by atoms with Crippen LogP contribution in [0, 0.1) is 23.7 Å². The van der Waals surface area contributed by atoms with Crippen LogP contribution in [0.1, 0.15) is 50.5 Å². The number of ether oxygens (including phenoxy) is 2. The van der Waals surface area contributed by atoms with Gasteiger partial charge in [0.15, 0.2) is 0 Å². The normalized spacial score (nSPS) is 35.0. The van der Waals surface area contributed by atoms with Crippen molar-refractivity contribution in [2.75, 3.05) is 6.61 Å². The molecule has 34 heavy (non-hydrogen) atoms. The first-order chi connectivity index (χ1) is 16.7. The SMILES string of the molecule is C[C@H](c1ccc(Oc2cccc3ccccc23)cc1)C1COC2(OO1)C1CC3CC(C1)CC2C3. The molecule has 4 nitrogen and oxygen atoms in total. The highest BCUT2D eigenvalue weighted by atomic mass is 17.2. The van der Waals surface area contributed by atoms with E-state index >= 15 is 0 Å². The number of hydrogen-bond acceptors (Lipinski definition) is 4. The van der Waals surface area contributed by atoms with Gasteiger partial charge in [-0.15, -0.1) is 0 Å². The Labute approximate surface area is 201 Å². The summed E-state index contributed by atoms with van der Waals surface area (Å²) < 4.78 is 12.8. The van der Waals surface area contributed by atoms with Gasteiger partial charge in [-0.25, -0.2) is 9.78 Å². The van der Waals surface area contributed by atoms with Crippen LogP contribution in [-0.4, -0.2) is 18.5 Å². The van der Waals surface area contributed by atoms with Gasteiger partial charge in [0.1, 0.15) is 17.6 Å². The van der Waals surface area contributed by atoms with Crippen LogP contribution in [0.25, 0.3) is 10.8 Å². The Balaban J connectivity index is 1.03. The second-order valence-corrected chi connectivity index (χ2v) is 11.0. The van der Waals surface area contributed by atoms with Crippen LogP contribution in [0.5, 0.6) is 11.5 Å². The Morgan fingerprint density at radius 2 is 1.53 bits per heavy atom. The zero-order chi connectivity index (χ0) is 22.7. The van der Waals surface area contributed by atoms with E-state index in [9.17, 15) is 0 Å². The van der Waals surface area contributed by atoms with Crippen LogP contribution in [0.15, 0.2) is 66.7 Å². The van der Waals surface area contributed by atoms with Gasteiger partial charge >= 0.3 is 0 Å². The first kappa shape index (κ1) is 20.9. The van der Waals surface area contributed by atoms with Crippen LogP contribution in [-0.2, 0) is 14.5 Å². The fourth-order valence-electron chi connectivity index (χ4n) is 7.31. The van der Waals surface area contributed by atoms with Crippen molar-refractivity contribution in [3.8, 4) is 11.5 Å². The van der Waals surface area contributed by atoms with Gasteiger partial charge in [0.2, 0.25) is 5.79 Å². The quantitative estimate of drug-likeness (QED) is 0.388. The lowest BCUT2D eigenvalue weighted by atomic mass is 9.53. The molecule has 5 aliphatic rings. The average molecular weight is 457 g/mol. The van der Waals surface area contributed by atoms with Crippen LogP contribution >= 0.6 is 0 Å². The van der Waals surface area contributed by atoms with Crippen molar-refractivity contribution in [3.05, 3.63) is 72.3 Å². The summed E-state index contributed by atoms with van der Waals surface area (Å²) in [7, 11) is 0. The summed E-state index contributed by atoms with van der Waals surface area (Å²) in [6.45, 7) is 2.78. The van der Waals surface area contributed by atoms with E-state index in [1.807, 2.05) is 36.4 Å². The zero-order valence-corrected chi connectivity index (χ0v) is 19.7. The summed E-state index contributed by atoms with van der Waals surface area (Å²) in [6, 6.07) is 22.8. The van der Waals surface area contributed by atoms with Crippen LogP contribution in [0.4, 0.5) is 0 Å². The molecule has 3 aromatic carbocycles. The summed E-state index contributed by atoms with van der Waals surface area (Å²) in [5.74, 6) is 4.16. The van der Waals surface area contributed by atoms with E-state index in [-0.39, 0.29) is 12.0 Å². The highest BCUT2D eigenvalue weighted by Crippen LogP contribution is 2.61. The van der Waals surface area contributed by atoms with Gasteiger partial charge in [-0.1, -0.05) is 55.5 Å². The topological polar surface area (TPSA) is 36.9 Å². The molecule has 176 valence electrons. The molecule has 1 aliphatic heterocycles. The van der Waals surface area contributed by atoms with E-state index in [0.717, 1.165) is 28.7 Å². The largest absolute Gasteiger partial charge is 0.457 e. The van der Waals surface area contributed by atoms with Crippen LogP contribution in [0.2, 0.25) is 0 Å². The van der Waals surface area contributed by atoms with Gasteiger partial charge in [0.25, 0.3) is 0 Å². The van der Waals surface area contributed by atoms with E-state index in [1.165, 1.54) is 43.1 Å². The standard InChI is InChI=1S/C30H32O4/c1-19(29-18-31-30(34-33-29)24-14-20-13-21(16-24)17-25(30)15-20)22-9-11-26(12-10-22)32-28-8-4-6-23-5-2-3-7-27(23)28/h2-12,19-21,24-25,29H,13-18H2,1H3/t19-,20?,21?,24?,25?,29?,30?/m1/s1. The van der Waals surface area contributed by atoms with Crippen LogP contribution < -0.4 is 4.74 Å². The molecule has 2 atom stereocenters. The summed E-state index contributed by atoms with van der Waals surface area (Å²) >= 11 is 0. The Hall–Kier alpha value is -2.40. The number of hydrogen-bond donors (Lipinski definition) is 0. The van der Waals surface area contributed by atoms with E-state index < -0.39 is 5.79 Å². The Morgan fingerprint density at radius 3 is 2.24 bits per heavy atom. The summed E-state index contributed by atoms with van der Waals surface area (Å²) in [5, 5.41) is 2.29. The highest BCUT2D eigenvalue weighted by molar-refractivity contribution is 5.88. The van der Waals surface area contributed by atoms with E-state index in [2.05, 4.69) is 37.3 Å². The second kappa shape index (κ2) is 8.08. The van der Waals surface area contributed by atoms with Gasteiger partial charge < -0.3 is 9.47 Å². The van der Waals surface area contributed by atoms with Gasteiger partial charge in [0.05, 0.1) is 6.61 Å². The van der Waals surface area contributed by atoms with Crippen molar-refractivity contribution in [2.45, 2.75) is 56.8 Å². The summed E-state index contributed by atoms with van der Waals surface area (Å²) in [5.41, 5.74) is 1.20. The first-order valence-electron chi connectivity index (χ1n) is 12.9. The fraction of sp³-hybridized carbons (Fsp3) is 0.467. The van der Waals surface area contributed by atoms with Crippen molar-refractivity contribution in [2.24, 2.45) is 23.7 Å². The van der Waals surface area contributed by atoms with Crippen molar-refractivity contribution >= 4 is 10.8 Å². The molecule has 4 aliphatic carbocycles. The van der Waals surface area contributed by atoms with Crippen LogP contribution in [0.3, 0.4) is 0 Å². The fourth-order valence-corrected chi connectivity index (χ4v) is 7.31. The minimum absolute atomic E-state index is 0.104. The van der Waals surface area contributed by atoms with Gasteiger partial charge in [-0.3, -0.25) is 0 Å². The molecule has 0 aromatic heterocycles. The number of benzene rings is 3. The number of fused-ring (bicyclic) bond motifs is 1. The monoisotopic (exact) mass is 456 g/mol. The minimum Gasteiger partial charge on any atom is -0.457 e. The third-order valence-electron chi connectivity index (χ3n) is 8.99. The molecule has 3 aromatic rings. The molecule has 0 radical (unpaired) electrons. The Morgan fingerprint density at radius 1 is 0.824 bits per heavy atom. The molecule has 0 N–H and O–H groups in total. The molecular formula is C30H32O4. The van der Waals surface area contributed by atoms with Gasteiger partial charge in [-0.05, 0) is 73.1 Å².